The number of fused-ring (bicyclic) bond motifs is 1. The Hall–Kier alpha value is -3.93. The number of hydrogen-bond acceptors (Lipinski definition) is 6. The Morgan fingerprint density at radius 3 is 2.45 bits per heavy atom. The van der Waals surface area contributed by atoms with Crippen molar-refractivity contribution in [1.82, 2.24) is 0 Å². The van der Waals surface area contributed by atoms with Crippen LogP contribution in [0.3, 0.4) is 0 Å². The van der Waals surface area contributed by atoms with Gasteiger partial charge >= 0.3 is 0 Å². The summed E-state index contributed by atoms with van der Waals surface area (Å²) in [6.07, 6.45) is 1.68. The third-order valence-electron chi connectivity index (χ3n) is 4.89. The van der Waals surface area contributed by atoms with Gasteiger partial charge in [-0.25, -0.2) is 0 Å². The largest absolute Gasteiger partial charge is 0.497 e. The van der Waals surface area contributed by atoms with Gasteiger partial charge in [-0.05, 0) is 53.6 Å². The Labute approximate surface area is 180 Å². The summed E-state index contributed by atoms with van der Waals surface area (Å²) in [5.74, 6) is 3.12. The average molecular weight is 418 g/mol. The smallest absolute Gasteiger partial charge is 0.231 e. The fourth-order valence-corrected chi connectivity index (χ4v) is 3.28. The number of rotatable bonds is 7. The van der Waals surface area contributed by atoms with Crippen LogP contribution in [0.25, 0.3) is 6.08 Å². The number of benzene rings is 3. The van der Waals surface area contributed by atoms with Crippen molar-refractivity contribution < 1.29 is 28.5 Å². The summed E-state index contributed by atoms with van der Waals surface area (Å²) < 4.78 is 27.5. The fraction of sp³-hybridized carbons (Fsp3) is 0.160. The van der Waals surface area contributed by atoms with Gasteiger partial charge in [0.2, 0.25) is 5.78 Å². The molecule has 0 N–H and O–H groups in total. The number of carbonyl (C=O) groups is 1. The molecule has 0 saturated heterocycles. The van der Waals surface area contributed by atoms with Crippen molar-refractivity contribution in [1.29, 1.82) is 0 Å². The molecule has 0 unspecified atom stereocenters. The Bertz CT molecular complexity index is 1150. The van der Waals surface area contributed by atoms with Crippen molar-refractivity contribution in [2.45, 2.75) is 6.61 Å². The summed E-state index contributed by atoms with van der Waals surface area (Å²) >= 11 is 0. The van der Waals surface area contributed by atoms with E-state index in [0.717, 1.165) is 16.9 Å². The van der Waals surface area contributed by atoms with Crippen LogP contribution in [0.15, 0.2) is 66.4 Å². The second-order valence-electron chi connectivity index (χ2n) is 6.85. The van der Waals surface area contributed by atoms with Crippen molar-refractivity contribution in [3.63, 3.8) is 0 Å². The van der Waals surface area contributed by atoms with Crippen LogP contribution in [0, 0.1) is 0 Å². The van der Waals surface area contributed by atoms with Crippen molar-refractivity contribution in [3.05, 3.63) is 83.1 Å². The van der Waals surface area contributed by atoms with E-state index in [9.17, 15) is 4.79 Å². The predicted molar refractivity (Wildman–Crippen MR) is 116 cm³/mol. The first-order chi connectivity index (χ1) is 15.1. The quantitative estimate of drug-likeness (QED) is 0.508. The molecule has 158 valence electrons. The molecule has 3 aromatic rings. The van der Waals surface area contributed by atoms with E-state index >= 15 is 0 Å². The lowest BCUT2D eigenvalue weighted by Gasteiger charge is -2.08. The zero-order chi connectivity index (χ0) is 21.8. The standard InChI is InChI=1S/C25H22O6/c1-27-18-6-4-5-17(11-18)15-30-19-8-9-20-22(14-19)31-24(25(20)26)13-16-7-10-21(28-2)23(12-16)29-3/h4-14H,15H2,1-3H3. The molecule has 0 bridgehead atoms. The van der Waals surface area contributed by atoms with E-state index in [1.807, 2.05) is 30.3 Å². The highest BCUT2D eigenvalue weighted by Crippen LogP contribution is 2.36. The molecule has 0 amide bonds. The van der Waals surface area contributed by atoms with Gasteiger partial charge in [-0.1, -0.05) is 18.2 Å². The van der Waals surface area contributed by atoms with Gasteiger partial charge in [0.1, 0.15) is 23.9 Å². The van der Waals surface area contributed by atoms with Gasteiger partial charge in [0.15, 0.2) is 17.3 Å². The molecule has 1 aliphatic heterocycles. The first-order valence-corrected chi connectivity index (χ1v) is 9.67. The molecule has 0 atom stereocenters. The van der Waals surface area contributed by atoms with Crippen LogP contribution in [0.5, 0.6) is 28.7 Å². The Kier molecular flexibility index (Phi) is 5.80. The van der Waals surface area contributed by atoms with Crippen molar-refractivity contribution in [3.8, 4) is 28.7 Å². The van der Waals surface area contributed by atoms with Gasteiger partial charge in [0.05, 0.1) is 26.9 Å². The molecule has 0 spiro atoms. The van der Waals surface area contributed by atoms with Crippen molar-refractivity contribution in [2.24, 2.45) is 0 Å². The van der Waals surface area contributed by atoms with Crippen LogP contribution in [-0.2, 0) is 6.61 Å². The molecule has 4 rings (SSSR count). The van der Waals surface area contributed by atoms with E-state index in [0.29, 0.717) is 35.2 Å². The van der Waals surface area contributed by atoms with Gasteiger partial charge in [0, 0.05) is 6.07 Å². The molecule has 1 aliphatic rings. The topological polar surface area (TPSA) is 63.2 Å². The predicted octanol–water partition coefficient (Wildman–Crippen LogP) is 4.91. The minimum atomic E-state index is -0.177. The van der Waals surface area contributed by atoms with E-state index in [1.54, 1.807) is 57.7 Å². The second kappa shape index (κ2) is 8.83. The molecule has 6 nitrogen and oxygen atoms in total. The fourth-order valence-electron chi connectivity index (χ4n) is 3.28. The molecule has 0 aromatic heterocycles. The van der Waals surface area contributed by atoms with Crippen LogP contribution < -0.4 is 23.7 Å². The molecule has 6 heteroatoms. The SMILES string of the molecule is COc1cccc(COc2ccc3c(c2)OC(=Cc2ccc(OC)c(OC)c2)C3=O)c1. The molecular weight excluding hydrogens is 396 g/mol. The summed E-state index contributed by atoms with van der Waals surface area (Å²) in [4.78, 5) is 12.7. The molecular formula is C25H22O6. The van der Waals surface area contributed by atoms with E-state index in [-0.39, 0.29) is 11.5 Å². The highest BCUT2D eigenvalue weighted by molar-refractivity contribution is 6.14. The van der Waals surface area contributed by atoms with Gasteiger partial charge < -0.3 is 23.7 Å². The Morgan fingerprint density at radius 1 is 0.839 bits per heavy atom. The first-order valence-electron chi connectivity index (χ1n) is 9.67. The third kappa shape index (κ3) is 4.33. The molecule has 0 fully saturated rings. The highest BCUT2D eigenvalue weighted by atomic mass is 16.5. The summed E-state index contributed by atoms with van der Waals surface area (Å²) in [6, 6.07) is 18.3. The normalized spacial score (nSPS) is 13.5. The van der Waals surface area contributed by atoms with E-state index in [2.05, 4.69) is 0 Å². The van der Waals surface area contributed by atoms with Crippen LogP contribution in [0.1, 0.15) is 21.5 Å². The maximum atomic E-state index is 12.7. The lowest BCUT2D eigenvalue weighted by molar-refractivity contribution is 0.101. The lowest BCUT2D eigenvalue weighted by Crippen LogP contribution is -1.98. The molecule has 0 radical (unpaired) electrons. The van der Waals surface area contributed by atoms with Crippen LogP contribution in [0.2, 0.25) is 0 Å². The number of carbonyl (C=O) groups excluding carboxylic acids is 1. The second-order valence-corrected chi connectivity index (χ2v) is 6.85. The lowest BCUT2D eigenvalue weighted by atomic mass is 10.1. The summed E-state index contributed by atoms with van der Waals surface area (Å²) in [5.41, 5.74) is 2.25. The Balaban J connectivity index is 1.50. The van der Waals surface area contributed by atoms with Gasteiger partial charge in [-0.2, -0.15) is 0 Å². The molecule has 3 aromatic carbocycles. The first kappa shape index (κ1) is 20.3. The summed E-state index contributed by atoms with van der Waals surface area (Å²) in [6.45, 7) is 0.373. The molecule has 1 heterocycles. The minimum absolute atomic E-state index is 0.177. The Morgan fingerprint density at radius 2 is 1.68 bits per heavy atom. The van der Waals surface area contributed by atoms with Crippen molar-refractivity contribution in [2.75, 3.05) is 21.3 Å². The van der Waals surface area contributed by atoms with Gasteiger partial charge in [-0.3, -0.25) is 4.79 Å². The number of ether oxygens (including phenoxy) is 5. The monoisotopic (exact) mass is 418 g/mol. The highest BCUT2D eigenvalue weighted by Gasteiger charge is 2.27. The van der Waals surface area contributed by atoms with Crippen LogP contribution >= 0.6 is 0 Å². The summed E-state index contributed by atoms with van der Waals surface area (Å²) in [5, 5.41) is 0. The van der Waals surface area contributed by atoms with Gasteiger partial charge in [0.25, 0.3) is 0 Å². The number of Topliss-reactive ketones (excluding diaryl/α,β-unsaturated/α-hetero) is 1. The van der Waals surface area contributed by atoms with Gasteiger partial charge in [-0.15, -0.1) is 0 Å². The zero-order valence-corrected chi connectivity index (χ0v) is 17.5. The zero-order valence-electron chi connectivity index (χ0n) is 17.5. The third-order valence-corrected chi connectivity index (χ3v) is 4.89. The van der Waals surface area contributed by atoms with Crippen LogP contribution in [0.4, 0.5) is 0 Å². The van der Waals surface area contributed by atoms with Crippen molar-refractivity contribution >= 4 is 11.9 Å². The molecule has 31 heavy (non-hydrogen) atoms. The number of methoxy groups -OCH3 is 3. The number of allylic oxidation sites excluding steroid dienone is 1. The van der Waals surface area contributed by atoms with E-state index in [4.69, 9.17) is 23.7 Å². The minimum Gasteiger partial charge on any atom is -0.497 e. The van der Waals surface area contributed by atoms with E-state index < -0.39 is 0 Å². The molecule has 0 saturated carbocycles. The number of hydrogen-bond donors (Lipinski definition) is 0. The number of ketones is 1. The van der Waals surface area contributed by atoms with Crippen LogP contribution in [-0.4, -0.2) is 27.1 Å². The average Bonchev–Trinajstić information content (AvgIpc) is 3.12. The summed E-state index contributed by atoms with van der Waals surface area (Å²) in [7, 11) is 4.76. The molecule has 0 aliphatic carbocycles. The maximum Gasteiger partial charge on any atom is 0.231 e. The maximum absolute atomic E-state index is 12.7. The van der Waals surface area contributed by atoms with E-state index in [1.165, 1.54) is 0 Å².